The number of hydrogen-bond acceptors (Lipinski definition) is 3. The molecule has 0 saturated heterocycles. The summed E-state index contributed by atoms with van der Waals surface area (Å²) in [6.45, 7) is 9.11. The number of nitrogens with two attached hydrogens (primary N) is 1. The highest BCUT2D eigenvalue weighted by atomic mass is 16.1. The van der Waals surface area contributed by atoms with Crippen LogP contribution in [0.5, 0.6) is 0 Å². The molecule has 1 heterocycles. The summed E-state index contributed by atoms with van der Waals surface area (Å²) in [6.07, 6.45) is 0.736. The Labute approximate surface area is 161 Å². The molecule has 1 aliphatic carbocycles. The fourth-order valence-corrected chi connectivity index (χ4v) is 3.44. The summed E-state index contributed by atoms with van der Waals surface area (Å²) in [5.74, 6) is 0. The maximum atomic E-state index is 13.0. The molecule has 0 aliphatic heterocycles. The molecule has 0 fully saturated rings. The van der Waals surface area contributed by atoms with Crippen LogP contribution in [0.15, 0.2) is 53.3 Å². The Hall–Kier alpha value is -2.72. The number of rotatable bonds is 3. The lowest BCUT2D eigenvalue weighted by Crippen LogP contribution is -2.24. The molecule has 1 aromatic heterocycles. The minimum atomic E-state index is -0.00250. The molecule has 4 nitrogen and oxygen atoms in total. The van der Waals surface area contributed by atoms with Gasteiger partial charge in [0, 0.05) is 28.6 Å². The van der Waals surface area contributed by atoms with Crippen molar-refractivity contribution in [2.45, 2.75) is 40.7 Å². The van der Waals surface area contributed by atoms with Crippen LogP contribution >= 0.6 is 0 Å². The number of benzene rings is 2. The molecular formula is C23H29N3O. The number of nitrogens with one attached hydrogen (secondary N) is 1. The largest absolute Gasteiger partial charge is 0.330 e. The van der Waals surface area contributed by atoms with Gasteiger partial charge in [0.05, 0.1) is 11.4 Å². The highest BCUT2D eigenvalue weighted by molar-refractivity contribution is 6.27. The van der Waals surface area contributed by atoms with Gasteiger partial charge < -0.3 is 10.3 Å². The van der Waals surface area contributed by atoms with Gasteiger partial charge in [-0.1, -0.05) is 70.2 Å². The van der Waals surface area contributed by atoms with Crippen LogP contribution in [0, 0.1) is 5.41 Å². The quantitative estimate of drug-likeness (QED) is 0.549. The fourth-order valence-electron chi connectivity index (χ4n) is 3.44. The first kappa shape index (κ1) is 20.6. The van der Waals surface area contributed by atoms with Crippen molar-refractivity contribution in [1.82, 2.24) is 4.57 Å². The molecule has 4 heteroatoms. The zero-order chi connectivity index (χ0) is 20.0. The predicted molar refractivity (Wildman–Crippen MR) is 116 cm³/mol. The van der Waals surface area contributed by atoms with Gasteiger partial charge in [-0.25, -0.2) is 0 Å². The van der Waals surface area contributed by atoms with Crippen LogP contribution in [0.1, 0.15) is 45.2 Å². The van der Waals surface area contributed by atoms with Crippen LogP contribution in [0.3, 0.4) is 0 Å². The van der Waals surface area contributed by atoms with E-state index < -0.39 is 0 Å². The van der Waals surface area contributed by atoms with Gasteiger partial charge in [0.1, 0.15) is 0 Å². The summed E-state index contributed by atoms with van der Waals surface area (Å²) < 4.78 is 1.80. The first-order valence-electron chi connectivity index (χ1n) is 9.78. The molecule has 4 rings (SSSR count). The van der Waals surface area contributed by atoms with Crippen molar-refractivity contribution >= 4 is 16.5 Å². The second-order valence-corrected chi connectivity index (χ2v) is 5.79. The van der Waals surface area contributed by atoms with Crippen molar-refractivity contribution in [2.75, 3.05) is 6.54 Å². The van der Waals surface area contributed by atoms with Crippen LogP contribution in [0.25, 0.3) is 22.0 Å². The molecule has 0 atom stereocenters. The maximum absolute atomic E-state index is 13.0. The lowest BCUT2D eigenvalue weighted by molar-refractivity contribution is 0.640. The molecule has 3 N–H and O–H groups in total. The van der Waals surface area contributed by atoms with Crippen molar-refractivity contribution in [3.05, 3.63) is 70.0 Å². The zero-order valence-corrected chi connectivity index (χ0v) is 16.7. The van der Waals surface area contributed by atoms with Crippen LogP contribution < -0.4 is 11.3 Å². The fraction of sp³-hybridized carbons (Fsp3) is 0.304. The van der Waals surface area contributed by atoms with E-state index in [2.05, 4.69) is 0 Å². The minimum absolute atomic E-state index is 0.00250. The van der Waals surface area contributed by atoms with E-state index in [0.29, 0.717) is 24.2 Å². The Kier molecular flexibility index (Phi) is 7.08. The first-order valence-corrected chi connectivity index (χ1v) is 9.78. The van der Waals surface area contributed by atoms with Gasteiger partial charge in [0.25, 0.3) is 5.56 Å². The van der Waals surface area contributed by atoms with E-state index in [1.165, 1.54) is 0 Å². The number of aromatic nitrogens is 1. The summed E-state index contributed by atoms with van der Waals surface area (Å²) in [7, 11) is 0. The van der Waals surface area contributed by atoms with Crippen LogP contribution in [-0.4, -0.2) is 16.8 Å². The monoisotopic (exact) mass is 363 g/mol. The normalized spacial score (nSPS) is 11.1. The third kappa shape index (κ3) is 3.45. The minimum Gasteiger partial charge on any atom is -0.330 e. The van der Waals surface area contributed by atoms with Crippen LogP contribution in [0.2, 0.25) is 0 Å². The molecule has 0 radical (unpaired) electrons. The van der Waals surface area contributed by atoms with E-state index in [1.54, 1.807) is 4.57 Å². The van der Waals surface area contributed by atoms with Gasteiger partial charge in [0.2, 0.25) is 0 Å². The molecule has 27 heavy (non-hydrogen) atoms. The topological polar surface area (TPSA) is 71.9 Å². The molecule has 1 aliphatic rings. The highest BCUT2D eigenvalue weighted by Gasteiger charge is 2.29. The number of pyridine rings is 1. The van der Waals surface area contributed by atoms with E-state index in [-0.39, 0.29) is 5.56 Å². The van der Waals surface area contributed by atoms with Gasteiger partial charge in [0.15, 0.2) is 0 Å². The average Bonchev–Trinajstić information content (AvgIpc) is 3.04. The molecule has 142 valence electrons. The van der Waals surface area contributed by atoms with Gasteiger partial charge in [-0.3, -0.25) is 10.2 Å². The lowest BCUT2D eigenvalue weighted by Gasteiger charge is -2.15. The standard InChI is InChI=1S/C19H17N3O.2C2H6/c20-10-5-11-22-18-14-8-3-2-7-13(14)17(21)16(18)12-6-1-4-9-15(12)19(22)23;2*1-2/h1-4,6-9,21H,5,10-11,20H2;2*1-2H3. The zero-order valence-electron chi connectivity index (χ0n) is 16.7. The molecular weight excluding hydrogens is 334 g/mol. The Morgan fingerprint density at radius 3 is 2.07 bits per heavy atom. The summed E-state index contributed by atoms with van der Waals surface area (Å²) in [5.41, 5.74) is 9.72. The van der Waals surface area contributed by atoms with Crippen LogP contribution in [0.4, 0.5) is 0 Å². The van der Waals surface area contributed by atoms with Gasteiger partial charge in [-0.15, -0.1) is 0 Å². The molecule has 0 amide bonds. The second kappa shape index (κ2) is 9.28. The molecule has 3 aromatic rings. The molecule has 0 unspecified atom stereocenters. The van der Waals surface area contributed by atoms with E-state index in [4.69, 9.17) is 11.1 Å². The van der Waals surface area contributed by atoms with Gasteiger partial charge in [-0.05, 0) is 24.4 Å². The second-order valence-electron chi connectivity index (χ2n) is 5.79. The number of hydrogen-bond donors (Lipinski definition) is 2. The molecule has 0 spiro atoms. The summed E-state index contributed by atoms with van der Waals surface area (Å²) in [4.78, 5) is 13.0. The van der Waals surface area contributed by atoms with Crippen molar-refractivity contribution < 1.29 is 0 Å². The van der Waals surface area contributed by atoms with Crippen LogP contribution in [-0.2, 0) is 6.54 Å². The molecule has 0 saturated carbocycles. The number of nitrogens with zero attached hydrogens (tertiary/aromatic N) is 1. The van der Waals surface area contributed by atoms with E-state index in [1.807, 2.05) is 76.2 Å². The first-order chi connectivity index (χ1) is 13.2. The van der Waals surface area contributed by atoms with Gasteiger partial charge in [-0.2, -0.15) is 0 Å². The van der Waals surface area contributed by atoms with Crippen molar-refractivity contribution in [2.24, 2.45) is 5.73 Å². The Morgan fingerprint density at radius 1 is 0.889 bits per heavy atom. The van der Waals surface area contributed by atoms with E-state index in [9.17, 15) is 4.79 Å². The summed E-state index contributed by atoms with van der Waals surface area (Å²) >= 11 is 0. The Morgan fingerprint density at radius 2 is 1.44 bits per heavy atom. The number of fused-ring (bicyclic) bond motifs is 5. The highest BCUT2D eigenvalue weighted by Crippen LogP contribution is 2.38. The smallest absolute Gasteiger partial charge is 0.258 e. The maximum Gasteiger partial charge on any atom is 0.258 e. The van der Waals surface area contributed by atoms with Crippen molar-refractivity contribution in [3.63, 3.8) is 0 Å². The Bertz CT molecular complexity index is 1000. The summed E-state index contributed by atoms with van der Waals surface area (Å²) in [5, 5.41) is 10.1. The van der Waals surface area contributed by atoms with Crippen molar-refractivity contribution in [1.29, 1.82) is 5.41 Å². The van der Waals surface area contributed by atoms with E-state index >= 15 is 0 Å². The molecule has 0 bridgehead atoms. The third-order valence-electron chi connectivity index (χ3n) is 4.47. The average molecular weight is 364 g/mol. The van der Waals surface area contributed by atoms with Crippen molar-refractivity contribution in [3.8, 4) is 11.3 Å². The third-order valence-corrected chi connectivity index (χ3v) is 4.47. The summed E-state index contributed by atoms with van der Waals surface area (Å²) in [6, 6.07) is 15.4. The molecule has 2 aromatic carbocycles. The van der Waals surface area contributed by atoms with E-state index in [0.717, 1.165) is 34.2 Å². The SMILES string of the molecule is CC.CC.N=C1c2ccccc2-c2c1c1ccccc1c(=O)n2CCCN. The predicted octanol–water partition coefficient (Wildman–Crippen LogP) is 4.80. The lowest BCUT2D eigenvalue weighted by atomic mass is 10.0. The Balaban J connectivity index is 0.000000614. The van der Waals surface area contributed by atoms with Gasteiger partial charge >= 0.3 is 0 Å².